The average molecular weight is 402 g/mol. The highest BCUT2D eigenvalue weighted by molar-refractivity contribution is 6.32. The third-order valence-electron chi connectivity index (χ3n) is 4.87. The van der Waals surface area contributed by atoms with E-state index in [0.29, 0.717) is 40.7 Å². The van der Waals surface area contributed by atoms with E-state index in [1.54, 1.807) is 30.7 Å². The van der Waals surface area contributed by atoms with Gasteiger partial charge in [-0.1, -0.05) is 18.5 Å². The first-order valence-electron chi connectivity index (χ1n) is 8.92. The number of aryl methyl sites for hydroxylation is 2. The quantitative estimate of drug-likeness (QED) is 0.526. The van der Waals surface area contributed by atoms with E-state index in [0.717, 1.165) is 11.4 Å². The molecule has 0 unspecified atom stereocenters. The van der Waals surface area contributed by atoms with Crippen molar-refractivity contribution in [1.29, 1.82) is 0 Å². The molecule has 8 nitrogen and oxygen atoms in total. The molecule has 0 N–H and O–H groups in total. The van der Waals surface area contributed by atoms with E-state index in [2.05, 4.69) is 4.98 Å². The van der Waals surface area contributed by atoms with Crippen LogP contribution in [0.4, 0.5) is 0 Å². The summed E-state index contributed by atoms with van der Waals surface area (Å²) in [5.41, 5.74) is 1.69. The summed E-state index contributed by atoms with van der Waals surface area (Å²) < 4.78 is 11.5. The molecule has 146 valence electrons. The Morgan fingerprint density at radius 3 is 2.64 bits per heavy atom. The van der Waals surface area contributed by atoms with Crippen molar-refractivity contribution in [3.05, 3.63) is 56.0 Å². The van der Waals surface area contributed by atoms with Gasteiger partial charge in [0, 0.05) is 25.5 Å². The maximum Gasteiger partial charge on any atom is 0.332 e. The smallest absolute Gasteiger partial charge is 0.332 e. The van der Waals surface area contributed by atoms with Crippen LogP contribution in [0.3, 0.4) is 0 Å². The fraction of sp³-hybridized carbons (Fsp3) is 0.316. The van der Waals surface area contributed by atoms with Gasteiger partial charge in [0.05, 0.1) is 17.8 Å². The highest BCUT2D eigenvalue weighted by Crippen LogP contribution is 2.29. The van der Waals surface area contributed by atoms with Crippen LogP contribution in [0.5, 0.6) is 5.75 Å². The summed E-state index contributed by atoms with van der Waals surface area (Å²) in [6, 6.07) is 5.42. The van der Waals surface area contributed by atoms with E-state index in [1.165, 1.54) is 9.13 Å². The molecule has 3 aromatic heterocycles. The second-order valence-corrected chi connectivity index (χ2v) is 7.08. The van der Waals surface area contributed by atoms with Gasteiger partial charge < -0.3 is 4.74 Å². The van der Waals surface area contributed by atoms with Crippen molar-refractivity contribution >= 4 is 28.5 Å². The minimum atomic E-state index is -0.365. The molecule has 4 aromatic rings. The third kappa shape index (κ3) is 2.48. The number of hydrogen-bond donors (Lipinski definition) is 0. The monoisotopic (exact) mass is 401 g/mol. The summed E-state index contributed by atoms with van der Waals surface area (Å²) in [5, 5.41) is 0.472. The predicted octanol–water partition coefficient (Wildman–Crippen LogP) is 2.52. The Morgan fingerprint density at radius 2 is 2.00 bits per heavy atom. The van der Waals surface area contributed by atoms with E-state index in [1.807, 2.05) is 30.7 Å². The van der Waals surface area contributed by atoms with Gasteiger partial charge in [0.15, 0.2) is 11.2 Å². The van der Waals surface area contributed by atoms with Gasteiger partial charge >= 0.3 is 5.69 Å². The molecular weight excluding hydrogens is 382 g/mol. The van der Waals surface area contributed by atoms with Crippen molar-refractivity contribution in [3.8, 4) is 11.4 Å². The fourth-order valence-corrected chi connectivity index (χ4v) is 3.80. The van der Waals surface area contributed by atoms with Crippen LogP contribution in [0.25, 0.3) is 22.6 Å². The van der Waals surface area contributed by atoms with Crippen molar-refractivity contribution in [2.24, 2.45) is 7.05 Å². The Bertz CT molecular complexity index is 1340. The zero-order valence-corrected chi connectivity index (χ0v) is 16.8. The van der Waals surface area contributed by atoms with Crippen LogP contribution in [-0.4, -0.2) is 30.2 Å². The van der Waals surface area contributed by atoms with Crippen LogP contribution in [0.2, 0.25) is 5.02 Å². The van der Waals surface area contributed by atoms with Crippen LogP contribution in [0, 0.1) is 6.92 Å². The minimum Gasteiger partial charge on any atom is -0.495 e. The third-order valence-corrected chi connectivity index (χ3v) is 5.16. The van der Waals surface area contributed by atoms with E-state index < -0.39 is 0 Å². The Kier molecular flexibility index (Phi) is 4.30. The normalized spacial score (nSPS) is 11.6. The summed E-state index contributed by atoms with van der Waals surface area (Å²) in [5.74, 6) is 1.11. The Morgan fingerprint density at radius 1 is 1.25 bits per heavy atom. The number of aromatic nitrogens is 5. The standard InChI is InChI=1S/C19H20ClN5O3/c1-5-8-23-17(26)15-16(22(3)19(23)27)21-18-24(15)10-11(2)25(18)12-6-7-14(28-4)13(20)9-12/h6-7,9-10H,5,8H2,1-4H3. The maximum atomic E-state index is 13.0. The molecule has 0 radical (unpaired) electrons. The van der Waals surface area contributed by atoms with Gasteiger partial charge in [0.25, 0.3) is 5.56 Å². The van der Waals surface area contributed by atoms with Crippen LogP contribution < -0.4 is 16.0 Å². The molecule has 0 saturated carbocycles. The highest BCUT2D eigenvalue weighted by atomic mass is 35.5. The number of benzene rings is 1. The lowest BCUT2D eigenvalue weighted by Gasteiger charge is -2.09. The van der Waals surface area contributed by atoms with Crippen molar-refractivity contribution < 1.29 is 4.74 Å². The molecule has 0 spiro atoms. The number of nitrogens with zero attached hydrogens (tertiary/aromatic N) is 5. The molecule has 4 rings (SSSR count). The molecule has 3 heterocycles. The highest BCUT2D eigenvalue weighted by Gasteiger charge is 2.20. The zero-order chi connectivity index (χ0) is 20.2. The van der Waals surface area contributed by atoms with Gasteiger partial charge in [-0.2, -0.15) is 4.98 Å². The van der Waals surface area contributed by atoms with Gasteiger partial charge in [-0.15, -0.1) is 0 Å². The van der Waals surface area contributed by atoms with E-state index in [4.69, 9.17) is 16.3 Å². The number of rotatable bonds is 4. The summed E-state index contributed by atoms with van der Waals surface area (Å²) in [7, 11) is 3.19. The Balaban J connectivity index is 2.09. The first-order chi connectivity index (χ1) is 13.4. The Hall–Kier alpha value is -3.00. The molecule has 28 heavy (non-hydrogen) atoms. The second kappa shape index (κ2) is 6.56. The van der Waals surface area contributed by atoms with Crippen molar-refractivity contribution in [2.45, 2.75) is 26.8 Å². The van der Waals surface area contributed by atoms with Gasteiger partial charge in [-0.25, -0.2) is 4.79 Å². The average Bonchev–Trinajstić information content (AvgIpc) is 3.18. The van der Waals surface area contributed by atoms with Crippen molar-refractivity contribution in [3.63, 3.8) is 0 Å². The summed E-state index contributed by atoms with van der Waals surface area (Å²) in [4.78, 5) is 30.2. The second-order valence-electron chi connectivity index (χ2n) is 6.68. The molecular formula is C19H20ClN5O3. The summed E-state index contributed by atoms with van der Waals surface area (Å²) in [6.45, 7) is 4.21. The van der Waals surface area contributed by atoms with Crippen LogP contribution in [-0.2, 0) is 13.6 Å². The lowest BCUT2D eigenvalue weighted by Crippen LogP contribution is -2.39. The predicted molar refractivity (Wildman–Crippen MR) is 108 cm³/mol. The fourth-order valence-electron chi connectivity index (χ4n) is 3.54. The van der Waals surface area contributed by atoms with E-state index >= 15 is 0 Å². The lowest BCUT2D eigenvalue weighted by atomic mass is 10.3. The van der Waals surface area contributed by atoms with Crippen molar-refractivity contribution in [2.75, 3.05) is 7.11 Å². The first kappa shape index (κ1) is 18.4. The Labute approximate surface area is 165 Å². The van der Waals surface area contributed by atoms with Gasteiger partial charge in [0.1, 0.15) is 5.75 Å². The van der Waals surface area contributed by atoms with Crippen LogP contribution >= 0.6 is 11.6 Å². The molecule has 0 atom stereocenters. The molecule has 0 amide bonds. The summed E-state index contributed by atoms with van der Waals surface area (Å²) in [6.07, 6.45) is 2.53. The zero-order valence-electron chi connectivity index (χ0n) is 16.1. The van der Waals surface area contributed by atoms with Gasteiger partial charge in [-0.05, 0) is 31.5 Å². The topological polar surface area (TPSA) is 75.5 Å². The number of ether oxygens (including phenoxy) is 1. The van der Waals surface area contributed by atoms with Gasteiger partial charge in [-0.3, -0.25) is 22.9 Å². The number of hydrogen-bond acceptors (Lipinski definition) is 4. The summed E-state index contributed by atoms with van der Waals surface area (Å²) >= 11 is 6.29. The number of halogens is 1. The van der Waals surface area contributed by atoms with E-state index in [9.17, 15) is 9.59 Å². The molecule has 0 saturated heterocycles. The molecule has 0 bridgehead atoms. The van der Waals surface area contributed by atoms with E-state index in [-0.39, 0.29) is 11.2 Å². The maximum absolute atomic E-state index is 13.0. The SMILES string of the molecule is CCCn1c(=O)c2c(nc3n(-c4ccc(OC)c(Cl)c4)c(C)cn23)n(C)c1=O. The molecule has 9 heteroatoms. The molecule has 0 fully saturated rings. The molecule has 0 aliphatic carbocycles. The lowest BCUT2D eigenvalue weighted by molar-refractivity contribution is 0.415. The molecule has 0 aliphatic heterocycles. The largest absolute Gasteiger partial charge is 0.495 e. The van der Waals surface area contributed by atoms with Crippen LogP contribution in [0.1, 0.15) is 19.0 Å². The molecule has 1 aromatic carbocycles. The number of imidazole rings is 2. The van der Waals surface area contributed by atoms with Gasteiger partial charge in [0.2, 0.25) is 5.78 Å². The van der Waals surface area contributed by atoms with Crippen molar-refractivity contribution in [1.82, 2.24) is 23.1 Å². The molecule has 0 aliphatic rings. The number of methoxy groups -OCH3 is 1. The minimum absolute atomic E-state index is 0.336. The first-order valence-corrected chi connectivity index (χ1v) is 9.30. The number of fused-ring (bicyclic) bond motifs is 3. The van der Waals surface area contributed by atoms with Crippen LogP contribution in [0.15, 0.2) is 34.0 Å².